The minimum atomic E-state index is -3.40. The number of likely N-dealkylation sites (tertiary alicyclic amines) is 1. The van der Waals surface area contributed by atoms with Crippen LogP contribution >= 0.6 is 0 Å². The Morgan fingerprint density at radius 2 is 2.07 bits per heavy atom. The fourth-order valence-corrected chi connectivity index (χ4v) is 3.46. The summed E-state index contributed by atoms with van der Waals surface area (Å²) >= 11 is 0. The third kappa shape index (κ3) is 4.62. The van der Waals surface area contributed by atoms with Gasteiger partial charge in [0.1, 0.15) is 5.82 Å². The van der Waals surface area contributed by atoms with E-state index in [-0.39, 0.29) is 31.8 Å². The van der Waals surface area contributed by atoms with Gasteiger partial charge in [-0.05, 0) is 49.3 Å². The van der Waals surface area contributed by atoms with Gasteiger partial charge in [0, 0.05) is 61.3 Å². The van der Waals surface area contributed by atoms with E-state index in [9.17, 15) is 4.79 Å². The Bertz CT molecular complexity index is 1310. The molecule has 29 heavy (non-hydrogen) atoms. The monoisotopic (exact) mass is 401 g/mol. The van der Waals surface area contributed by atoms with Crippen LogP contribution in [-0.4, -0.2) is 50.1 Å². The number of hydrogen-bond donors (Lipinski definition) is 1. The number of nitrogens with zero attached hydrogens (tertiary/aromatic N) is 5. The number of carbonyl (C=O) groups excluding carboxylic acids is 1. The second-order valence-corrected chi connectivity index (χ2v) is 7.13. The number of piperidine rings is 1. The fraction of sp³-hybridized carbons (Fsp3) is 0.455. The molecule has 0 aliphatic carbocycles. The fourth-order valence-electron chi connectivity index (χ4n) is 3.46. The molecule has 152 valence electrons. The van der Waals surface area contributed by atoms with Crippen LogP contribution < -0.4 is 5.32 Å². The number of aromatic nitrogens is 4. The number of amides is 1. The quantitative estimate of drug-likeness (QED) is 0.710. The summed E-state index contributed by atoms with van der Waals surface area (Å²) in [6, 6.07) is 3.59. The molecule has 3 aromatic heterocycles. The van der Waals surface area contributed by atoms with Crippen LogP contribution in [0.1, 0.15) is 38.9 Å². The molecular formula is C22H28N6O. The van der Waals surface area contributed by atoms with E-state index in [2.05, 4.69) is 20.4 Å². The van der Waals surface area contributed by atoms with Gasteiger partial charge in [0.15, 0.2) is 0 Å². The normalized spacial score (nSPS) is 22.2. The lowest BCUT2D eigenvalue weighted by Gasteiger charge is -2.32. The molecule has 0 aromatic carbocycles. The third-order valence-corrected chi connectivity index (χ3v) is 4.99. The van der Waals surface area contributed by atoms with Crippen molar-refractivity contribution >= 4 is 22.5 Å². The molecule has 0 atom stereocenters. The number of rotatable bonds is 5. The van der Waals surface area contributed by atoms with E-state index in [1.807, 2.05) is 19.3 Å². The molecule has 0 unspecified atom stereocenters. The van der Waals surface area contributed by atoms with Crippen molar-refractivity contribution in [3.05, 3.63) is 36.9 Å². The zero-order chi connectivity index (χ0) is 28.1. The Labute approximate surface area is 183 Å². The number of fused-ring (bicyclic) bond motifs is 1. The summed E-state index contributed by atoms with van der Waals surface area (Å²) in [7, 11) is 1.81. The van der Waals surface area contributed by atoms with Crippen molar-refractivity contribution in [3.63, 3.8) is 0 Å². The third-order valence-electron chi connectivity index (χ3n) is 4.99. The lowest BCUT2D eigenvalue weighted by molar-refractivity contribution is -0.121. The average molecular weight is 402 g/mol. The molecule has 4 heterocycles. The molecule has 4 rings (SSSR count). The largest absolute Gasteiger partial charge is 0.310 e. The van der Waals surface area contributed by atoms with Crippen LogP contribution in [0, 0.1) is 11.8 Å². The molecule has 1 N–H and O–H groups in total. The highest BCUT2D eigenvalue weighted by molar-refractivity contribution is 5.94. The molecule has 7 nitrogen and oxygen atoms in total. The summed E-state index contributed by atoms with van der Waals surface area (Å²) in [6.07, 6.45) is 7.14. The molecule has 0 radical (unpaired) electrons. The highest BCUT2D eigenvalue weighted by Gasteiger charge is 2.25. The first-order chi connectivity index (χ1) is 17.5. The van der Waals surface area contributed by atoms with Crippen LogP contribution in [-0.2, 0) is 11.8 Å². The maximum absolute atomic E-state index is 13.0. The van der Waals surface area contributed by atoms with Gasteiger partial charge in [0.2, 0.25) is 5.91 Å². The Hall–Kier alpha value is -2.80. The van der Waals surface area contributed by atoms with Crippen LogP contribution in [0.3, 0.4) is 0 Å². The smallest absolute Gasteiger partial charge is 0.228 e. The summed E-state index contributed by atoms with van der Waals surface area (Å²) in [5.74, 6) is -3.88. The van der Waals surface area contributed by atoms with Gasteiger partial charge < -0.3 is 10.2 Å². The second-order valence-electron chi connectivity index (χ2n) is 7.13. The van der Waals surface area contributed by atoms with E-state index >= 15 is 0 Å². The molecular weight excluding hydrogens is 364 g/mol. The van der Waals surface area contributed by atoms with Crippen molar-refractivity contribution < 1.29 is 17.1 Å². The van der Waals surface area contributed by atoms with Gasteiger partial charge in [-0.2, -0.15) is 5.10 Å². The molecule has 0 saturated carbocycles. The minimum absolute atomic E-state index is 0.0802. The van der Waals surface area contributed by atoms with Gasteiger partial charge in [-0.15, -0.1) is 0 Å². The summed E-state index contributed by atoms with van der Waals surface area (Å²) < 4.78 is 72.3. The first kappa shape index (κ1) is 11.4. The molecule has 1 fully saturated rings. The van der Waals surface area contributed by atoms with E-state index in [0.717, 1.165) is 26.9 Å². The van der Waals surface area contributed by atoms with Crippen molar-refractivity contribution in [2.45, 2.75) is 26.5 Å². The first-order valence-corrected chi connectivity index (χ1v) is 9.35. The van der Waals surface area contributed by atoms with Gasteiger partial charge in [-0.1, -0.05) is 13.7 Å². The van der Waals surface area contributed by atoms with Crippen LogP contribution in [0.15, 0.2) is 36.9 Å². The van der Waals surface area contributed by atoms with Gasteiger partial charge in [0.25, 0.3) is 0 Å². The van der Waals surface area contributed by atoms with Crippen LogP contribution in [0.5, 0.6) is 0 Å². The average Bonchev–Trinajstić information content (AvgIpc) is 3.28. The van der Waals surface area contributed by atoms with Gasteiger partial charge in [-0.25, -0.2) is 4.98 Å². The Morgan fingerprint density at radius 1 is 1.28 bits per heavy atom. The molecule has 1 saturated heterocycles. The summed E-state index contributed by atoms with van der Waals surface area (Å²) in [6.45, 7) is -9.94. The maximum atomic E-state index is 13.0. The Kier molecular flexibility index (Phi) is 3.26. The standard InChI is InChI=1S/C22H28N6O/c1-15(2)13-28-6-4-16(5-7-28)22(29)26-21-9-17-8-20(19-12-25-27(3)14-19)23-10-18(17)11-24-21/h8-12,14-16H,4-7,13H2,1-3H3,(H,24,26,29)/i1D3,2D3,13D2,15D. The molecule has 1 amide bonds. The number of hydrogen-bond acceptors (Lipinski definition) is 5. The molecule has 3 aromatic rings. The molecule has 1 aliphatic rings. The predicted molar refractivity (Wildman–Crippen MR) is 114 cm³/mol. The molecule has 7 heteroatoms. The molecule has 1 aliphatic heterocycles. The topological polar surface area (TPSA) is 75.9 Å². The zero-order valence-corrected chi connectivity index (χ0v) is 16.0. The van der Waals surface area contributed by atoms with E-state index in [0.29, 0.717) is 5.82 Å². The zero-order valence-electron chi connectivity index (χ0n) is 25.0. The van der Waals surface area contributed by atoms with Crippen LogP contribution in [0.25, 0.3) is 22.0 Å². The van der Waals surface area contributed by atoms with Gasteiger partial charge >= 0.3 is 0 Å². The minimum Gasteiger partial charge on any atom is -0.310 e. The van der Waals surface area contributed by atoms with Crippen molar-refractivity contribution in [2.75, 3.05) is 24.9 Å². The van der Waals surface area contributed by atoms with E-state index in [1.54, 1.807) is 29.3 Å². The summed E-state index contributed by atoms with van der Waals surface area (Å²) in [4.78, 5) is 22.7. The molecule has 0 bridgehead atoms. The van der Waals surface area contributed by atoms with Crippen LogP contribution in [0.4, 0.5) is 5.82 Å². The SMILES string of the molecule is [2H]C([2H])([2H])C([2H])(C([2H])([2H])[2H])C([2H])([2H])N1CCC(C(=O)Nc2cc3cc(-c4cnn(C)c4)ncc3cn2)CC1. The summed E-state index contributed by atoms with van der Waals surface area (Å²) in [5.41, 5.74) is 1.56. The second kappa shape index (κ2) is 8.29. The van der Waals surface area contributed by atoms with E-state index < -0.39 is 32.0 Å². The lowest BCUT2D eigenvalue weighted by atomic mass is 9.95. The number of carbonyl (C=O) groups is 1. The van der Waals surface area contributed by atoms with Crippen molar-refractivity contribution in [3.8, 4) is 11.3 Å². The van der Waals surface area contributed by atoms with Crippen LogP contribution in [0.2, 0.25) is 0 Å². The predicted octanol–water partition coefficient (Wildman–Crippen LogP) is 3.34. The Morgan fingerprint density at radius 3 is 2.79 bits per heavy atom. The van der Waals surface area contributed by atoms with Crippen molar-refractivity contribution in [2.24, 2.45) is 18.9 Å². The maximum Gasteiger partial charge on any atom is 0.228 e. The van der Waals surface area contributed by atoms with E-state index in [4.69, 9.17) is 12.3 Å². The Balaban J connectivity index is 1.45. The van der Waals surface area contributed by atoms with Crippen molar-refractivity contribution in [1.82, 2.24) is 24.6 Å². The summed E-state index contributed by atoms with van der Waals surface area (Å²) in [5, 5.41) is 8.54. The first-order valence-electron chi connectivity index (χ1n) is 13.9. The van der Waals surface area contributed by atoms with Gasteiger partial charge in [-0.3, -0.25) is 14.5 Å². The number of nitrogens with one attached hydrogen (secondary N) is 1. The van der Waals surface area contributed by atoms with Gasteiger partial charge in [0.05, 0.1) is 11.9 Å². The van der Waals surface area contributed by atoms with E-state index in [1.165, 1.54) is 0 Å². The number of pyridine rings is 2. The number of aryl methyl sites for hydroxylation is 1. The molecule has 0 spiro atoms. The number of anilines is 1. The van der Waals surface area contributed by atoms with Crippen molar-refractivity contribution in [1.29, 1.82) is 0 Å². The highest BCUT2D eigenvalue weighted by atomic mass is 16.1. The highest BCUT2D eigenvalue weighted by Crippen LogP contribution is 2.24. The lowest BCUT2D eigenvalue weighted by Crippen LogP contribution is -2.39.